The van der Waals surface area contributed by atoms with E-state index in [1.54, 1.807) is 0 Å². The minimum Gasteiger partial charge on any atom is -0.334 e. The van der Waals surface area contributed by atoms with Crippen LogP contribution in [0.5, 0.6) is 0 Å². The summed E-state index contributed by atoms with van der Waals surface area (Å²) in [5, 5.41) is 0. The molecular weight excluding hydrogens is 152 g/mol. The Balaban J connectivity index is 1.94. The van der Waals surface area contributed by atoms with E-state index < -0.39 is 0 Å². The highest BCUT2D eigenvalue weighted by Crippen LogP contribution is 2.51. The Morgan fingerprint density at radius 1 is 1.50 bits per heavy atom. The quantitative estimate of drug-likeness (QED) is 0.502. The van der Waals surface area contributed by atoms with Crippen LogP contribution < -0.4 is 0 Å². The maximum Gasteiger partial charge on any atom is 0.237 e. The van der Waals surface area contributed by atoms with E-state index in [2.05, 4.69) is 16.8 Å². The number of amides is 1. The largest absolute Gasteiger partial charge is 0.334 e. The molecule has 3 aliphatic heterocycles. The van der Waals surface area contributed by atoms with Gasteiger partial charge in [0.15, 0.2) is 0 Å². The number of piperazine rings is 1. The lowest BCUT2D eigenvalue weighted by molar-refractivity contribution is -0.142. The summed E-state index contributed by atoms with van der Waals surface area (Å²) in [6, 6.07) is 0. The fourth-order valence-corrected chi connectivity index (χ4v) is 3.27. The lowest BCUT2D eigenvalue weighted by atomic mass is 9.72. The molecule has 1 saturated carbocycles. The molecule has 3 heterocycles. The van der Waals surface area contributed by atoms with E-state index in [0.29, 0.717) is 12.5 Å². The highest BCUT2D eigenvalue weighted by molar-refractivity contribution is 5.81. The van der Waals surface area contributed by atoms with Crippen LogP contribution in [0, 0.1) is 5.92 Å². The Hall–Kier alpha value is -0.570. The number of rotatable bonds is 0. The fraction of sp³-hybridized carbons (Fsp3) is 0.889. The van der Waals surface area contributed by atoms with Crippen LogP contribution in [0.1, 0.15) is 12.8 Å². The Bertz CT molecular complexity index is 245. The predicted molar refractivity (Wildman–Crippen MR) is 44.7 cm³/mol. The first-order valence-electron chi connectivity index (χ1n) is 4.69. The zero-order chi connectivity index (χ0) is 8.34. The molecule has 0 unspecified atom stereocenters. The lowest BCUT2D eigenvalue weighted by Gasteiger charge is -2.48. The molecule has 1 aliphatic carbocycles. The van der Waals surface area contributed by atoms with E-state index in [9.17, 15) is 4.79 Å². The van der Waals surface area contributed by atoms with Crippen molar-refractivity contribution in [3.8, 4) is 0 Å². The van der Waals surface area contributed by atoms with Gasteiger partial charge in [0.25, 0.3) is 0 Å². The van der Waals surface area contributed by atoms with Gasteiger partial charge in [0, 0.05) is 13.1 Å². The molecule has 3 heteroatoms. The topological polar surface area (TPSA) is 23.6 Å². The lowest BCUT2D eigenvalue weighted by Crippen LogP contribution is -2.61. The standard InChI is InChI=1S/C9H14N2O/c1-10-5-8(12)11-4-7-2-9(11,3-7)6-10/h7H,2-6H2,1H3. The van der Waals surface area contributed by atoms with Crippen molar-refractivity contribution in [1.29, 1.82) is 0 Å². The van der Waals surface area contributed by atoms with Crippen molar-refractivity contribution >= 4 is 5.91 Å². The summed E-state index contributed by atoms with van der Waals surface area (Å²) in [7, 11) is 2.05. The number of carbonyl (C=O) groups excluding carboxylic acids is 1. The third-order valence-corrected chi connectivity index (χ3v) is 3.62. The van der Waals surface area contributed by atoms with Crippen LogP contribution in [0.3, 0.4) is 0 Å². The molecule has 3 saturated heterocycles. The van der Waals surface area contributed by atoms with E-state index in [4.69, 9.17) is 0 Å². The fourth-order valence-electron chi connectivity index (χ4n) is 3.27. The van der Waals surface area contributed by atoms with Crippen molar-refractivity contribution in [3.63, 3.8) is 0 Å². The van der Waals surface area contributed by atoms with Crippen molar-refractivity contribution in [2.24, 2.45) is 5.92 Å². The van der Waals surface area contributed by atoms with Gasteiger partial charge in [-0.05, 0) is 25.8 Å². The molecule has 0 radical (unpaired) electrons. The van der Waals surface area contributed by atoms with E-state index in [1.165, 1.54) is 12.8 Å². The van der Waals surface area contributed by atoms with Crippen molar-refractivity contribution in [3.05, 3.63) is 0 Å². The molecular formula is C9H14N2O. The number of likely N-dealkylation sites (N-methyl/N-ethyl adjacent to an activating group) is 1. The van der Waals surface area contributed by atoms with Crippen molar-refractivity contribution in [2.75, 3.05) is 26.7 Å². The molecule has 0 N–H and O–H groups in total. The van der Waals surface area contributed by atoms with Crippen LogP contribution in [-0.4, -0.2) is 47.9 Å². The molecule has 0 aromatic rings. The molecule has 4 rings (SSSR count). The van der Waals surface area contributed by atoms with E-state index in [1.807, 2.05) is 0 Å². The molecule has 12 heavy (non-hydrogen) atoms. The third-order valence-electron chi connectivity index (χ3n) is 3.62. The van der Waals surface area contributed by atoms with Crippen LogP contribution >= 0.6 is 0 Å². The second-order valence-electron chi connectivity index (χ2n) is 4.68. The Morgan fingerprint density at radius 3 is 3.00 bits per heavy atom. The monoisotopic (exact) mass is 166 g/mol. The summed E-state index contributed by atoms with van der Waals surface area (Å²) in [4.78, 5) is 15.9. The van der Waals surface area contributed by atoms with Crippen LogP contribution in [-0.2, 0) is 4.79 Å². The summed E-state index contributed by atoms with van der Waals surface area (Å²) in [6.45, 7) is 2.79. The van der Waals surface area contributed by atoms with Gasteiger partial charge in [0.2, 0.25) is 5.91 Å². The minimum atomic E-state index is 0.286. The molecule has 0 aromatic heterocycles. The SMILES string of the molecule is CN1CC(=O)N2CC3CC2(C3)C1. The summed E-state index contributed by atoms with van der Waals surface area (Å²) < 4.78 is 0. The zero-order valence-electron chi connectivity index (χ0n) is 7.42. The summed E-state index contributed by atoms with van der Waals surface area (Å²) in [5.41, 5.74) is 0.286. The summed E-state index contributed by atoms with van der Waals surface area (Å²) in [6.07, 6.45) is 2.53. The molecule has 4 fully saturated rings. The number of hydrogen-bond donors (Lipinski definition) is 0. The van der Waals surface area contributed by atoms with Crippen molar-refractivity contribution < 1.29 is 4.79 Å². The van der Waals surface area contributed by atoms with Crippen molar-refractivity contribution in [2.45, 2.75) is 18.4 Å². The predicted octanol–water partition coefficient (Wildman–Crippen LogP) is -0.0772. The van der Waals surface area contributed by atoms with Gasteiger partial charge in [-0.15, -0.1) is 0 Å². The maximum absolute atomic E-state index is 11.6. The van der Waals surface area contributed by atoms with Gasteiger partial charge in [0.1, 0.15) is 0 Å². The Morgan fingerprint density at radius 2 is 2.25 bits per heavy atom. The second kappa shape index (κ2) is 1.84. The van der Waals surface area contributed by atoms with Gasteiger partial charge in [-0.25, -0.2) is 0 Å². The minimum absolute atomic E-state index is 0.286. The second-order valence-corrected chi connectivity index (χ2v) is 4.68. The molecule has 1 amide bonds. The normalized spacial score (nSPS) is 45.9. The van der Waals surface area contributed by atoms with Gasteiger partial charge >= 0.3 is 0 Å². The molecule has 0 aromatic carbocycles. The first-order chi connectivity index (χ1) is 5.70. The molecule has 0 atom stereocenters. The van der Waals surface area contributed by atoms with E-state index >= 15 is 0 Å². The average Bonchev–Trinajstić information content (AvgIpc) is 2.38. The molecule has 66 valence electrons. The van der Waals surface area contributed by atoms with Gasteiger partial charge < -0.3 is 4.90 Å². The summed E-state index contributed by atoms with van der Waals surface area (Å²) >= 11 is 0. The average molecular weight is 166 g/mol. The first kappa shape index (κ1) is 6.89. The zero-order valence-corrected chi connectivity index (χ0v) is 7.42. The van der Waals surface area contributed by atoms with Gasteiger partial charge in [-0.2, -0.15) is 0 Å². The van der Waals surface area contributed by atoms with E-state index in [-0.39, 0.29) is 5.54 Å². The van der Waals surface area contributed by atoms with Crippen LogP contribution in [0.2, 0.25) is 0 Å². The van der Waals surface area contributed by atoms with Crippen molar-refractivity contribution in [1.82, 2.24) is 9.80 Å². The maximum atomic E-state index is 11.6. The smallest absolute Gasteiger partial charge is 0.237 e. The molecule has 3 nitrogen and oxygen atoms in total. The molecule has 4 aliphatic rings. The molecule has 2 bridgehead atoms. The third kappa shape index (κ3) is 0.637. The van der Waals surface area contributed by atoms with Crippen LogP contribution in [0.25, 0.3) is 0 Å². The highest BCUT2D eigenvalue weighted by Gasteiger charge is 2.59. The van der Waals surface area contributed by atoms with Gasteiger partial charge in [0.05, 0.1) is 12.1 Å². The highest BCUT2D eigenvalue weighted by atomic mass is 16.2. The summed E-state index contributed by atoms with van der Waals surface area (Å²) in [5.74, 6) is 1.18. The first-order valence-corrected chi connectivity index (χ1v) is 4.69. The van der Waals surface area contributed by atoms with Gasteiger partial charge in [-0.1, -0.05) is 0 Å². The Labute approximate surface area is 72.3 Å². The Kier molecular flexibility index (Phi) is 1.06. The number of nitrogens with zero attached hydrogens (tertiary/aromatic N) is 2. The van der Waals surface area contributed by atoms with Crippen LogP contribution in [0.4, 0.5) is 0 Å². The number of hydrogen-bond acceptors (Lipinski definition) is 2. The van der Waals surface area contributed by atoms with Crippen LogP contribution in [0.15, 0.2) is 0 Å². The van der Waals surface area contributed by atoms with E-state index in [0.717, 1.165) is 19.0 Å². The number of carbonyl (C=O) groups is 1. The molecule has 1 spiro atoms. The van der Waals surface area contributed by atoms with Gasteiger partial charge in [-0.3, -0.25) is 9.69 Å².